The van der Waals surface area contributed by atoms with E-state index < -0.39 is 10.0 Å². The third-order valence-corrected chi connectivity index (χ3v) is 4.56. The van der Waals surface area contributed by atoms with E-state index in [9.17, 15) is 13.2 Å². The molecule has 1 amide bonds. The maximum atomic E-state index is 12.8. The molecule has 1 aliphatic rings. The summed E-state index contributed by atoms with van der Waals surface area (Å²) in [6.45, 7) is 6.36. The van der Waals surface area contributed by atoms with Gasteiger partial charge in [-0.05, 0) is 24.0 Å². The molecule has 1 saturated heterocycles. The van der Waals surface area contributed by atoms with Crippen LogP contribution >= 0.6 is 0 Å². The topological polar surface area (TPSA) is 75.7 Å². The molecule has 1 N–H and O–H groups in total. The molecule has 1 radical (unpaired) electrons. The number of nitrogens with zero attached hydrogens (tertiary/aromatic N) is 1. The normalized spacial score (nSPS) is 17.0. The van der Waals surface area contributed by atoms with Crippen LogP contribution in [-0.4, -0.2) is 58.3 Å². The summed E-state index contributed by atoms with van der Waals surface area (Å²) in [5.74, 6) is -0.187. The van der Waals surface area contributed by atoms with Gasteiger partial charge in [-0.3, -0.25) is 4.79 Å². The molecule has 0 bridgehead atoms. The first-order valence-corrected chi connectivity index (χ1v) is 9.51. The monoisotopic (exact) mass is 339 g/mol. The van der Waals surface area contributed by atoms with Gasteiger partial charge in [0.1, 0.15) is 0 Å². The van der Waals surface area contributed by atoms with E-state index in [1.807, 2.05) is 18.2 Å². The molecular weight excluding hydrogens is 316 g/mol. The lowest BCUT2D eigenvalue weighted by atomic mass is 9.91. The Morgan fingerprint density at radius 3 is 2.61 bits per heavy atom. The van der Waals surface area contributed by atoms with Crippen LogP contribution in [0.5, 0.6) is 0 Å². The summed E-state index contributed by atoms with van der Waals surface area (Å²) < 4.78 is 30.4. The van der Waals surface area contributed by atoms with Crippen molar-refractivity contribution in [3.63, 3.8) is 0 Å². The SMILES string of the molecule is [CH2]CC(CNS(C)(=O)=O)c1ccccc1C(=O)N1CCOCC1. The largest absolute Gasteiger partial charge is 0.378 e. The zero-order valence-electron chi connectivity index (χ0n) is 13.3. The van der Waals surface area contributed by atoms with Crippen molar-refractivity contribution in [3.8, 4) is 0 Å². The summed E-state index contributed by atoms with van der Waals surface area (Å²) in [5, 5.41) is 0. The molecule has 23 heavy (non-hydrogen) atoms. The summed E-state index contributed by atoms with van der Waals surface area (Å²) in [7, 11) is -3.28. The van der Waals surface area contributed by atoms with E-state index in [1.54, 1.807) is 11.0 Å². The van der Waals surface area contributed by atoms with Crippen molar-refractivity contribution in [1.29, 1.82) is 0 Å². The van der Waals surface area contributed by atoms with Gasteiger partial charge in [-0.2, -0.15) is 0 Å². The fourth-order valence-corrected chi connectivity index (χ4v) is 3.11. The first-order chi connectivity index (χ1) is 10.9. The van der Waals surface area contributed by atoms with Crippen LogP contribution in [0.3, 0.4) is 0 Å². The first kappa shape index (κ1) is 17.9. The molecule has 1 unspecified atom stereocenters. The van der Waals surface area contributed by atoms with Crippen molar-refractivity contribution in [2.75, 3.05) is 39.1 Å². The second-order valence-corrected chi connectivity index (χ2v) is 7.43. The van der Waals surface area contributed by atoms with Crippen molar-refractivity contribution >= 4 is 15.9 Å². The van der Waals surface area contributed by atoms with Crippen molar-refractivity contribution in [2.45, 2.75) is 12.3 Å². The Morgan fingerprint density at radius 1 is 1.35 bits per heavy atom. The summed E-state index contributed by atoms with van der Waals surface area (Å²) in [6, 6.07) is 7.33. The van der Waals surface area contributed by atoms with E-state index in [2.05, 4.69) is 11.6 Å². The van der Waals surface area contributed by atoms with Gasteiger partial charge in [-0.15, -0.1) is 0 Å². The Morgan fingerprint density at radius 2 is 2.00 bits per heavy atom. The fraction of sp³-hybridized carbons (Fsp3) is 0.500. The maximum absolute atomic E-state index is 12.8. The van der Waals surface area contributed by atoms with Gasteiger partial charge in [0, 0.05) is 25.2 Å². The summed E-state index contributed by atoms with van der Waals surface area (Å²) in [4.78, 5) is 14.5. The molecule has 1 aliphatic heterocycles. The van der Waals surface area contributed by atoms with Gasteiger partial charge in [0.2, 0.25) is 10.0 Å². The maximum Gasteiger partial charge on any atom is 0.254 e. The summed E-state index contributed by atoms with van der Waals surface area (Å²) in [5.41, 5.74) is 1.44. The van der Waals surface area contributed by atoms with Crippen LogP contribution in [0.4, 0.5) is 0 Å². The number of morpholine rings is 1. The molecule has 1 fully saturated rings. The highest BCUT2D eigenvalue weighted by atomic mass is 32.2. The number of hydrogen-bond acceptors (Lipinski definition) is 4. The van der Waals surface area contributed by atoms with Gasteiger partial charge in [0.15, 0.2) is 0 Å². The van der Waals surface area contributed by atoms with Gasteiger partial charge >= 0.3 is 0 Å². The Hall–Kier alpha value is -1.44. The molecule has 0 aliphatic carbocycles. The molecule has 0 saturated carbocycles. The second kappa shape index (κ2) is 7.90. The quantitative estimate of drug-likeness (QED) is 0.839. The predicted octanol–water partition coefficient (Wildman–Crippen LogP) is 1.02. The highest BCUT2D eigenvalue weighted by Crippen LogP contribution is 2.24. The summed E-state index contributed by atoms with van der Waals surface area (Å²) in [6.07, 6.45) is 1.62. The average molecular weight is 339 g/mol. The van der Waals surface area contributed by atoms with Gasteiger partial charge in [-0.25, -0.2) is 13.1 Å². The Kier molecular flexibility index (Phi) is 6.15. The Labute approximate surface area is 137 Å². The number of nitrogens with one attached hydrogen (secondary N) is 1. The van der Waals surface area contributed by atoms with Crippen molar-refractivity contribution in [2.24, 2.45) is 0 Å². The molecule has 6 nitrogen and oxygen atoms in total. The van der Waals surface area contributed by atoms with Crippen LogP contribution in [0.2, 0.25) is 0 Å². The van der Waals surface area contributed by atoms with Crippen LogP contribution in [-0.2, 0) is 14.8 Å². The van der Waals surface area contributed by atoms with Crippen LogP contribution in [0, 0.1) is 6.92 Å². The number of amides is 1. The molecule has 127 valence electrons. The minimum atomic E-state index is -3.28. The molecule has 2 rings (SSSR count). The standard InChI is InChI=1S/C16H23N2O4S/c1-3-13(12-17-23(2,20)21)14-6-4-5-7-15(14)16(19)18-8-10-22-11-9-18/h4-7,13,17H,1,3,8-12H2,2H3. The van der Waals surface area contributed by atoms with Gasteiger partial charge in [0.25, 0.3) is 5.91 Å². The third kappa shape index (κ3) is 5.02. The van der Waals surface area contributed by atoms with Gasteiger partial charge < -0.3 is 9.64 Å². The lowest BCUT2D eigenvalue weighted by molar-refractivity contribution is 0.0302. The number of hydrogen-bond donors (Lipinski definition) is 1. The predicted molar refractivity (Wildman–Crippen MR) is 88.7 cm³/mol. The zero-order chi connectivity index (χ0) is 16.9. The highest BCUT2D eigenvalue weighted by molar-refractivity contribution is 7.88. The summed E-state index contributed by atoms with van der Waals surface area (Å²) >= 11 is 0. The van der Waals surface area contributed by atoms with Gasteiger partial charge in [-0.1, -0.05) is 25.1 Å². The van der Waals surface area contributed by atoms with E-state index >= 15 is 0 Å². The van der Waals surface area contributed by atoms with E-state index in [4.69, 9.17) is 4.74 Å². The Balaban J connectivity index is 2.22. The highest BCUT2D eigenvalue weighted by Gasteiger charge is 2.23. The number of benzene rings is 1. The number of rotatable bonds is 6. The van der Waals surface area contributed by atoms with Crippen LogP contribution < -0.4 is 4.72 Å². The molecule has 1 aromatic carbocycles. The molecule has 0 aromatic heterocycles. The van der Waals surface area contributed by atoms with Crippen molar-refractivity contribution in [1.82, 2.24) is 9.62 Å². The third-order valence-electron chi connectivity index (χ3n) is 3.87. The average Bonchev–Trinajstić information content (AvgIpc) is 2.55. The van der Waals surface area contributed by atoms with Crippen LogP contribution in [0.25, 0.3) is 0 Å². The molecule has 7 heteroatoms. The van der Waals surface area contributed by atoms with E-state index in [1.165, 1.54) is 0 Å². The molecule has 1 aromatic rings. The molecular formula is C16H23N2O4S. The smallest absolute Gasteiger partial charge is 0.254 e. The number of ether oxygens (including phenoxy) is 1. The van der Waals surface area contributed by atoms with Gasteiger partial charge in [0.05, 0.1) is 19.5 Å². The number of carbonyl (C=O) groups is 1. The second-order valence-electron chi connectivity index (χ2n) is 5.60. The zero-order valence-corrected chi connectivity index (χ0v) is 14.1. The number of carbonyl (C=O) groups excluding carboxylic acids is 1. The lowest BCUT2D eigenvalue weighted by Crippen LogP contribution is -2.41. The van der Waals surface area contributed by atoms with Crippen molar-refractivity contribution < 1.29 is 17.9 Å². The Bertz CT molecular complexity index is 639. The van der Waals surface area contributed by atoms with E-state index in [0.29, 0.717) is 38.3 Å². The van der Waals surface area contributed by atoms with Crippen LogP contribution in [0.1, 0.15) is 28.3 Å². The lowest BCUT2D eigenvalue weighted by Gasteiger charge is -2.28. The van der Waals surface area contributed by atoms with Crippen molar-refractivity contribution in [3.05, 3.63) is 42.3 Å². The number of sulfonamides is 1. The molecule has 1 atom stereocenters. The van der Waals surface area contributed by atoms with E-state index in [0.717, 1.165) is 11.8 Å². The first-order valence-electron chi connectivity index (χ1n) is 7.62. The minimum absolute atomic E-state index is 0.0401. The van der Waals surface area contributed by atoms with E-state index in [-0.39, 0.29) is 18.4 Å². The molecule has 0 spiro atoms. The fourth-order valence-electron chi connectivity index (χ4n) is 2.60. The molecule has 1 heterocycles. The van der Waals surface area contributed by atoms with Crippen LogP contribution in [0.15, 0.2) is 24.3 Å². The minimum Gasteiger partial charge on any atom is -0.378 e.